The summed E-state index contributed by atoms with van der Waals surface area (Å²) in [6.07, 6.45) is 3.66. The quantitative estimate of drug-likeness (QED) is 0.585. The van der Waals surface area contributed by atoms with E-state index >= 15 is 0 Å². The topological polar surface area (TPSA) is 0 Å². The maximum Gasteiger partial charge on any atom is 0.00622 e. The summed E-state index contributed by atoms with van der Waals surface area (Å²) in [6, 6.07) is 16.4. The highest BCUT2D eigenvalue weighted by molar-refractivity contribution is 5.55. The van der Waals surface area contributed by atoms with E-state index in [1.165, 1.54) is 24.8 Å². The highest BCUT2D eigenvalue weighted by atomic mass is 14.6. The van der Waals surface area contributed by atoms with Crippen molar-refractivity contribution in [1.82, 2.24) is 0 Å². The number of aryl methyl sites for hydroxylation is 1. The Morgan fingerprint density at radius 1 is 0.826 bits per heavy atom. The van der Waals surface area contributed by atoms with Gasteiger partial charge in [0, 0.05) is 10.8 Å². The molecule has 0 heterocycles. The number of rotatable bonds is 0. The van der Waals surface area contributed by atoms with Crippen LogP contribution in [0.4, 0.5) is 0 Å². The molecule has 2 aromatic rings. The van der Waals surface area contributed by atoms with E-state index in [-0.39, 0.29) is 16.2 Å². The minimum absolute atomic E-state index is 0.219. The van der Waals surface area contributed by atoms with Crippen LogP contribution in [-0.2, 0) is 29.1 Å². The Morgan fingerprint density at radius 2 is 1.57 bits per heavy atom. The number of hydrogen-bond acceptors (Lipinski definition) is 0. The molecule has 0 aromatic heterocycles. The molecule has 2 aliphatic rings. The van der Waals surface area contributed by atoms with Crippen LogP contribution in [0.5, 0.6) is 0 Å². The van der Waals surface area contributed by atoms with Crippen molar-refractivity contribution in [2.24, 2.45) is 0 Å². The lowest BCUT2D eigenvalue weighted by Crippen LogP contribution is -2.45. The Labute approximate surface area is 140 Å². The molecule has 23 heavy (non-hydrogen) atoms. The fourth-order valence-corrected chi connectivity index (χ4v) is 5.05. The van der Waals surface area contributed by atoms with Gasteiger partial charge in [0.2, 0.25) is 0 Å². The smallest absolute Gasteiger partial charge is 0.00622 e. The minimum Gasteiger partial charge on any atom is -0.0620 e. The predicted octanol–water partition coefficient (Wildman–Crippen LogP) is 5.70. The van der Waals surface area contributed by atoms with Gasteiger partial charge in [0.05, 0.1) is 0 Å². The highest BCUT2D eigenvalue weighted by Crippen LogP contribution is 2.58. The molecule has 0 radical (unpaired) electrons. The molecule has 4 rings (SSSR count). The molecule has 0 nitrogen and oxygen atoms in total. The van der Waals surface area contributed by atoms with E-state index in [0.29, 0.717) is 0 Å². The molecule has 0 bridgehead atoms. The van der Waals surface area contributed by atoms with Gasteiger partial charge in [0.25, 0.3) is 0 Å². The van der Waals surface area contributed by atoms with Crippen molar-refractivity contribution in [2.75, 3.05) is 0 Å². The molecule has 2 aliphatic carbocycles. The van der Waals surface area contributed by atoms with E-state index in [2.05, 4.69) is 77.1 Å². The maximum atomic E-state index is 2.52. The number of benzene rings is 2. The predicted molar refractivity (Wildman–Crippen MR) is 98.3 cm³/mol. The van der Waals surface area contributed by atoms with Crippen LogP contribution in [0.15, 0.2) is 42.5 Å². The van der Waals surface area contributed by atoms with Crippen molar-refractivity contribution >= 4 is 0 Å². The summed E-state index contributed by atoms with van der Waals surface area (Å²) in [5.41, 5.74) is 8.52. The average molecular weight is 304 g/mol. The molecule has 2 atom stereocenters. The fourth-order valence-electron chi connectivity index (χ4n) is 5.05. The van der Waals surface area contributed by atoms with Crippen LogP contribution < -0.4 is 0 Å². The third kappa shape index (κ3) is 1.90. The van der Waals surface area contributed by atoms with Gasteiger partial charge < -0.3 is 0 Å². The second-order valence-electron chi connectivity index (χ2n) is 9.12. The van der Waals surface area contributed by atoms with Crippen LogP contribution in [0.2, 0.25) is 0 Å². The molecule has 120 valence electrons. The molecule has 0 saturated heterocycles. The zero-order valence-corrected chi connectivity index (χ0v) is 15.2. The second kappa shape index (κ2) is 4.50. The Bertz CT molecular complexity index is 777. The molecule has 2 unspecified atom stereocenters. The normalized spacial score (nSPS) is 28.9. The summed E-state index contributed by atoms with van der Waals surface area (Å²) in [6.45, 7) is 12.0. The third-order valence-corrected chi connectivity index (χ3v) is 6.84. The van der Waals surface area contributed by atoms with Gasteiger partial charge in [-0.3, -0.25) is 0 Å². The van der Waals surface area contributed by atoms with Crippen LogP contribution >= 0.6 is 0 Å². The van der Waals surface area contributed by atoms with Gasteiger partial charge in [-0.2, -0.15) is 0 Å². The lowest BCUT2D eigenvalue weighted by molar-refractivity contribution is 0.242. The Kier molecular flexibility index (Phi) is 2.93. The van der Waals surface area contributed by atoms with Gasteiger partial charge in [0.15, 0.2) is 0 Å². The SMILES string of the molecule is CC(C)(C)c1ccc2c(c1)C1(C)CCc3ccccc3C1(C)C2. The number of hydrogen-bond donors (Lipinski definition) is 0. The summed E-state index contributed by atoms with van der Waals surface area (Å²) in [5, 5.41) is 0. The zero-order valence-electron chi connectivity index (χ0n) is 15.2. The van der Waals surface area contributed by atoms with E-state index in [9.17, 15) is 0 Å². The van der Waals surface area contributed by atoms with Crippen LogP contribution in [0.25, 0.3) is 0 Å². The molecule has 0 amide bonds. The van der Waals surface area contributed by atoms with E-state index in [0.717, 1.165) is 0 Å². The first kappa shape index (κ1) is 15.0. The molecule has 0 saturated carbocycles. The van der Waals surface area contributed by atoms with Crippen molar-refractivity contribution in [1.29, 1.82) is 0 Å². The molecule has 2 aromatic carbocycles. The molecule has 0 aliphatic heterocycles. The molecule has 0 heteroatoms. The van der Waals surface area contributed by atoms with Crippen molar-refractivity contribution < 1.29 is 0 Å². The molecular formula is C23H28. The zero-order chi connectivity index (χ0) is 16.5. The Hall–Kier alpha value is -1.56. The standard InChI is InChI=1S/C23H28/c1-21(2,3)18-11-10-17-15-23(5)19-9-7-6-8-16(19)12-13-22(23,4)20(17)14-18/h6-11,14H,12-13,15H2,1-5H3. The fraction of sp³-hybridized carbons (Fsp3) is 0.478. The monoisotopic (exact) mass is 304 g/mol. The summed E-state index contributed by atoms with van der Waals surface area (Å²) in [4.78, 5) is 0. The van der Waals surface area contributed by atoms with Gasteiger partial charge >= 0.3 is 0 Å². The van der Waals surface area contributed by atoms with E-state index in [1.54, 1.807) is 22.3 Å². The number of fused-ring (bicyclic) bond motifs is 5. The van der Waals surface area contributed by atoms with E-state index in [1.807, 2.05) is 0 Å². The lowest BCUT2D eigenvalue weighted by atomic mass is 9.56. The lowest BCUT2D eigenvalue weighted by Gasteiger charge is -2.47. The van der Waals surface area contributed by atoms with Crippen molar-refractivity contribution in [2.45, 2.75) is 70.1 Å². The van der Waals surface area contributed by atoms with E-state index < -0.39 is 0 Å². The molecule has 0 spiro atoms. The Balaban J connectivity index is 1.92. The van der Waals surface area contributed by atoms with Gasteiger partial charge in [-0.25, -0.2) is 0 Å². The molecule has 0 fully saturated rings. The van der Waals surface area contributed by atoms with Crippen LogP contribution in [0.3, 0.4) is 0 Å². The molecule has 0 N–H and O–H groups in total. The van der Waals surface area contributed by atoms with Gasteiger partial charge in [-0.15, -0.1) is 0 Å². The van der Waals surface area contributed by atoms with Crippen molar-refractivity contribution in [3.05, 3.63) is 70.3 Å². The van der Waals surface area contributed by atoms with Crippen LogP contribution in [-0.4, -0.2) is 0 Å². The molecular weight excluding hydrogens is 276 g/mol. The summed E-state index contributed by atoms with van der Waals surface area (Å²) >= 11 is 0. The minimum atomic E-state index is 0.219. The largest absolute Gasteiger partial charge is 0.0620 e. The summed E-state index contributed by atoms with van der Waals surface area (Å²) in [5.74, 6) is 0. The van der Waals surface area contributed by atoms with Crippen molar-refractivity contribution in [3.8, 4) is 0 Å². The van der Waals surface area contributed by atoms with Crippen LogP contribution in [0.1, 0.15) is 68.9 Å². The second-order valence-corrected chi connectivity index (χ2v) is 9.12. The Morgan fingerprint density at radius 3 is 2.30 bits per heavy atom. The summed E-state index contributed by atoms with van der Waals surface area (Å²) in [7, 11) is 0. The highest BCUT2D eigenvalue weighted by Gasteiger charge is 2.54. The van der Waals surface area contributed by atoms with E-state index in [4.69, 9.17) is 0 Å². The van der Waals surface area contributed by atoms with Gasteiger partial charge in [-0.05, 0) is 52.5 Å². The van der Waals surface area contributed by atoms with Crippen molar-refractivity contribution in [3.63, 3.8) is 0 Å². The van der Waals surface area contributed by atoms with Crippen LogP contribution in [0, 0.1) is 0 Å². The first-order chi connectivity index (χ1) is 10.8. The van der Waals surface area contributed by atoms with Gasteiger partial charge in [-0.1, -0.05) is 77.1 Å². The maximum absolute atomic E-state index is 2.52. The van der Waals surface area contributed by atoms with Gasteiger partial charge in [0.1, 0.15) is 0 Å². The first-order valence-corrected chi connectivity index (χ1v) is 8.98. The summed E-state index contributed by atoms with van der Waals surface area (Å²) < 4.78 is 0. The average Bonchev–Trinajstić information content (AvgIpc) is 2.74. The third-order valence-electron chi connectivity index (χ3n) is 6.84. The first-order valence-electron chi connectivity index (χ1n) is 8.98.